The molecule has 1 amide bonds. The van der Waals surface area contributed by atoms with Crippen molar-refractivity contribution in [3.05, 3.63) is 70.2 Å². The Morgan fingerprint density at radius 1 is 1.16 bits per heavy atom. The van der Waals surface area contributed by atoms with E-state index in [1.807, 2.05) is 43.3 Å². The van der Waals surface area contributed by atoms with Crippen molar-refractivity contribution in [3.8, 4) is 0 Å². The highest BCUT2D eigenvalue weighted by molar-refractivity contribution is 6.33. The van der Waals surface area contributed by atoms with Gasteiger partial charge in [-0.1, -0.05) is 48.0 Å². The highest BCUT2D eigenvalue weighted by atomic mass is 35.5. The van der Waals surface area contributed by atoms with Gasteiger partial charge >= 0.3 is 0 Å². The number of nitrogens with one attached hydrogen (secondary N) is 1. The van der Waals surface area contributed by atoms with Crippen molar-refractivity contribution < 1.29 is 4.79 Å². The van der Waals surface area contributed by atoms with Gasteiger partial charge in [0.25, 0.3) is 5.91 Å². The van der Waals surface area contributed by atoms with Crippen LogP contribution in [0.3, 0.4) is 0 Å². The predicted octanol–water partition coefficient (Wildman–Crippen LogP) is 3.62. The molecule has 0 fully saturated rings. The zero-order chi connectivity index (χ0) is 13.7. The third kappa shape index (κ3) is 3.83. The predicted molar refractivity (Wildman–Crippen MR) is 78.7 cm³/mol. The third-order valence-corrected chi connectivity index (χ3v) is 3.22. The number of hydrogen-bond donors (Lipinski definition) is 1. The second-order valence-corrected chi connectivity index (χ2v) is 4.88. The summed E-state index contributed by atoms with van der Waals surface area (Å²) in [5, 5.41) is 3.38. The lowest BCUT2D eigenvalue weighted by Gasteiger charge is -2.07. The van der Waals surface area contributed by atoms with E-state index in [4.69, 9.17) is 11.6 Å². The Bertz CT molecular complexity index is 566. The van der Waals surface area contributed by atoms with E-state index in [0.717, 1.165) is 12.0 Å². The fourth-order valence-electron chi connectivity index (χ4n) is 1.86. The minimum Gasteiger partial charge on any atom is -0.352 e. The van der Waals surface area contributed by atoms with Crippen molar-refractivity contribution in [2.45, 2.75) is 13.3 Å². The summed E-state index contributed by atoms with van der Waals surface area (Å²) in [7, 11) is 0. The van der Waals surface area contributed by atoms with Gasteiger partial charge in [0.2, 0.25) is 0 Å². The zero-order valence-corrected chi connectivity index (χ0v) is 11.6. The number of halogens is 1. The van der Waals surface area contributed by atoms with Gasteiger partial charge in [-0.25, -0.2) is 0 Å². The number of rotatable bonds is 4. The summed E-state index contributed by atoms with van der Waals surface area (Å²) in [6.07, 6.45) is 0.816. The number of benzene rings is 2. The van der Waals surface area contributed by atoms with E-state index in [2.05, 4.69) is 5.32 Å². The first-order valence-electron chi connectivity index (χ1n) is 6.25. The maximum Gasteiger partial charge on any atom is 0.252 e. The molecule has 3 heteroatoms. The van der Waals surface area contributed by atoms with Crippen molar-refractivity contribution >= 4 is 17.5 Å². The second kappa shape index (κ2) is 6.39. The van der Waals surface area contributed by atoms with E-state index in [1.54, 1.807) is 12.1 Å². The van der Waals surface area contributed by atoms with Crippen LogP contribution in [-0.2, 0) is 6.42 Å². The second-order valence-electron chi connectivity index (χ2n) is 4.47. The van der Waals surface area contributed by atoms with Gasteiger partial charge in [-0.3, -0.25) is 4.79 Å². The minimum atomic E-state index is -0.124. The Morgan fingerprint density at radius 2 is 1.89 bits per heavy atom. The van der Waals surface area contributed by atoms with Crippen LogP contribution in [0.5, 0.6) is 0 Å². The highest BCUT2D eigenvalue weighted by Crippen LogP contribution is 2.17. The Balaban J connectivity index is 1.91. The fourth-order valence-corrected chi connectivity index (χ4v) is 2.19. The molecule has 0 aromatic heterocycles. The molecular formula is C16H16ClNO. The summed E-state index contributed by atoms with van der Waals surface area (Å²) in [5.41, 5.74) is 2.78. The molecule has 0 aliphatic heterocycles. The largest absolute Gasteiger partial charge is 0.352 e. The number of amides is 1. The molecule has 0 spiro atoms. The van der Waals surface area contributed by atoms with Gasteiger partial charge < -0.3 is 5.32 Å². The number of hydrogen-bond acceptors (Lipinski definition) is 1. The summed E-state index contributed by atoms with van der Waals surface area (Å²) >= 11 is 6.06. The number of aryl methyl sites for hydroxylation is 1. The normalized spacial score (nSPS) is 10.2. The molecule has 2 aromatic rings. The summed E-state index contributed by atoms with van der Waals surface area (Å²) in [6, 6.07) is 15.5. The van der Waals surface area contributed by atoms with Gasteiger partial charge in [0.15, 0.2) is 0 Å². The summed E-state index contributed by atoms with van der Waals surface area (Å²) < 4.78 is 0. The quantitative estimate of drug-likeness (QED) is 0.906. The molecule has 0 aliphatic carbocycles. The first kappa shape index (κ1) is 13.6. The lowest BCUT2D eigenvalue weighted by molar-refractivity contribution is 0.0954. The van der Waals surface area contributed by atoms with Crippen LogP contribution in [0.2, 0.25) is 5.02 Å². The van der Waals surface area contributed by atoms with E-state index in [0.29, 0.717) is 17.1 Å². The third-order valence-electron chi connectivity index (χ3n) is 2.91. The minimum absolute atomic E-state index is 0.124. The molecule has 0 bridgehead atoms. The Labute approximate surface area is 118 Å². The average Bonchev–Trinajstić information content (AvgIpc) is 2.39. The smallest absolute Gasteiger partial charge is 0.252 e. The van der Waals surface area contributed by atoms with E-state index in [1.165, 1.54) is 5.56 Å². The molecule has 1 N–H and O–H groups in total. The average molecular weight is 274 g/mol. The van der Waals surface area contributed by atoms with E-state index >= 15 is 0 Å². The monoisotopic (exact) mass is 273 g/mol. The molecule has 0 saturated carbocycles. The van der Waals surface area contributed by atoms with Crippen LogP contribution in [0.15, 0.2) is 48.5 Å². The molecule has 0 aliphatic rings. The summed E-state index contributed by atoms with van der Waals surface area (Å²) in [4.78, 5) is 12.0. The Kier molecular flexibility index (Phi) is 4.58. The van der Waals surface area contributed by atoms with Crippen molar-refractivity contribution in [3.63, 3.8) is 0 Å². The first-order chi connectivity index (χ1) is 9.16. The fraction of sp³-hybridized carbons (Fsp3) is 0.188. The van der Waals surface area contributed by atoms with Crippen molar-refractivity contribution in [1.29, 1.82) is 0 Å². The van der Waals surface area contributed by atoms with Crippen LogP contribution in [-0.4, -0.2) is 12.5 Å². The summed E-state index contributed by atoms with van der Waals surface area (Å²) in [5.74, 6) is -0.124. The van der Waals surface area contributed by atoms with Crippen LogP contribution in [0.4, 0.5) is 0 Å². The van der Waals surface area contributed by atoms with Gasteiger partial charge in [0.1, 0.15) is 0 Å². The molecule has 0 unspecified atom stereocenters. The van der Waals surface area contributed by atoms with Crippen LogP contribution in [0.25, 0.3) is 0 Å². The molecule has 0 heterocycles. The maximum absolute atomic E-state index is 12.0. The van der Waals surface area contributed by atoms with Gasteiger partial charge in [0.05, 0.1) is 10.6 Å². The standard InChI is InChI=1S/C16H16ClNO/c1-12-7-8-14(15(17)11-12)16(19)18-10-9-13-5-3-2-4-6-13/h2-8,11H,9-10H2,1H3,(H,18,19). The van der Waals surface area contributed by atoms with Crippen molar-refractivity contribution in [2.24, 2.45) is 0 Å². The van der Waals surface area contributed by atoms with Crippen molar-refractivity contribution in [2.75, 3.05) is 6.54 Å². The molecule has 0 radical (unpaired) electrons. The van der Waals surface area contributed by atoms with E-state index in [-0.39, 0.29) is 5.91 Å². The molecular weight excluding hydrogens is 258 g/mol. The van der Waals surface area contributed by atoms with Gasteiger partial charge in [0, 0.05) is 6.54 Å². The molecule has 0 atom stereocenters. The maximum atomic E-state index is 12.0. The van der Waals surface area contributed by atoms with Crippen LogP contribution in [0.1, 0.15) is 21.5 Å². The van der Waals surface area contributed by atoms with E-state index in [9.17, 15) is 4.79 Å². The molecule has 19 heavy (non-hydrogen) atoms. The van der Waals surface area contributed by atoms with Gasteiger partial charge in [-0.05, 0) is 36.6 Å². The Morgan fingerprint density at radius 3 is 2.58 bits per heavy atom. The first-order valence-corrected chi connectivity index (χ1v) is 6.63. The topological polar surface area (TPSA) is 29.1 Å². The highest BCUT2D eigenvalue weighted by Gasteiger charge is 2.09. The molecule has 98 valence electrons. The lowest BCUT2D eigenvalue weighted by Crippen LogP contribution is -2.25. The van der Waals surface area contributed by atoms with Gasteiger partial charge in [-0.2, -0.15) is 0 Å². The molecule has 2 rings (SSSR count). The number of carbonyl (C=O) groups is 1. The SMILES string of the molecule is Cc1ccc(C(=O)NCCc2ccccc2)c(Cl)c1. The summed E-state index contributed by atoms with van der Waals surface area (Å²) in [6.45, 7) is 2.55. The van der Waals surface area contributed by atoms with Gasteiger partial charge in [-0.15, -0.1) is 0 Å². The van der Waals surface area contributed by atoms with E-state index < -0.39 is 0 Å². The van der Waals surface area contributed by atoms with Crippen LogP contribution in [0, 0.1) is 6.92 Å². The molecule has 2 nitrogen and oxygen atoms in total. The van der Waals surface area contributed by atoms with Crippen LogP contribution < -0.4 is 5.32 Å². The van der Waals surface area contributed by atoms with Crippen molar-refractivity contribution in [1.82, 2.24) is 5.32 Å². The molecule has 0 saturated heterocycles. The molecule has 2 aromatic carbocycles. The zero-order valence-electron chi connectivity index (χ0n) is 10.8. The van der Waals surface area contributed by atoms with Crippen LogP contribution >= 0.6 is 11.6 Å². The number of carbonyl (C=O) groups excluding carboxylic acids is 1. The lowest BCUT2D eigenvalue weighted by atomic mass is 10.1. The Hall–Kier alpha value is -1.80.